The third kappa shape index (κ3) is 5.19. The number of hydrogen-bond acceptors (Lipinski definition) is 3. The van der Waals surface area contributed by atoms with E-state index in [1.807, 2.05) is 26.5 Å². The molecular formula is C10H22O2SSi. The van der Waals surface area contributed by atoms with E-state index in [0.717, 1.165) is 18.2 Å². The van der Waals surface area contributed by atoms with Gasteiger partial charge in [0.1, 0.15) is 0 Å². The standard InChI is InChI=1S/C10H22O2SSi/c1-6-14(11-5,9-7-8-13)12-10(2,3)4/h6,13H,1,7-9H2,2-5H3. The van der Waals surface area contributed by atoms with Gasteiger partial charge in [0, 0.05) is 7.11 Å². The van der Waals surface area contributed by atoms with Crippen LogP contribution in [0.3, 0.4) is 0 Å². The minimum absolute atomic E-state index is 0.174. The summed E-state index contributed by atoms with van der Waals surface area (Å²) in [5.74, 6) is 0.861. The van der Waals surface area contributed by atoms with Gasteiger partial charge in [0.05, 0.1) is 5.60 Å². The highest BCUT2D eigenvalue weighted by atomic mass is 32.1. The maximum atomic E-state index is 5.99. The fourth-order valence-corrected chi connectivity index (χ4v) is 4.27. The van der Waals surface area contributed by atoms with Crippen molar-refractivity contribution in [3.05, 3.63) is 12.3 Å². The Morgan fingerprint density at radius 2 is 2.00 bits per heavy atom. The van der Waals surface area contributed by atoms with Crippen LogP contribution in [-0.2, 0) is 8.85 Å². The van der Waals surface area contributed by atoms with Crippen molar-refractivity contribution in [2.24, 2.45) is 0 Å². The second kappa shape index (κ2) is 5.95. The first kappa shape index (κ1) is 14.2. The van der Waals surface area contributed by atoms with E-state index in [2.05, 4.69) is 19.2 Å². The lowest BCUT2D eigenvalue weighted by Crippen LogP contribution is -2.45. The summed E-state index contributed by atoms with van der Waals surface area (Å²) < 4.78 is 11.5. The maximum Gasteiger partial charge on any atom is 0.364 e. The predicted molar refractivity (Wildman–Crippen MR) is 67.1 cm³/mol. The van der Waals surface area contributed by atoms with Crippen molar-refractivity contribution in [3.8, 4) is 0 Å². The lowest BCUT2D eigenvalue weighted by atomic mass is 10.2. The molecule has 0 N–H and O–H groups in total. The van der Waals surface area contributed by atoms with Gasteiger partial charge < -0.3 is 8.85 Å². The van der Waals surface area contributed by atoms with Crippen molar-refractivity contribution < 1.29 is 8.85 Å². The molecule has 0 saturated heterocycles. The van der Waals surface area contributed by atoms with Gasteiger partial charge in [-0.2, -0.15) is 12.6 Å². The van der Waals surface area contributed by atoms with E-state index in [1.165, 1.54) is 0 Å². The summed E-state index contributed by atoms with van der Waals surface area (Å²) in [6.45, 7) is 9.95. The molecule has 4 heteroatoms. The summed E-state index contributed by atoms with van der Waals surface area (Å²) in [4.78, 5) is 0. The monoisotopic (exact) mass is 234 g/mol. The van der Waals surface area contributed by atoms with Gasteiger partial charge >= 0.3 is 8.56 Å². The van der Waals surface area contributed by atoms with E-state index in [9.17, 15) is 0 Å². The van der Waals surface area contributed by atoms with Gasteiger partial charge in [-0.3, -0.25) is 0 Å². The van der Waals surface area contributed by atoms with Crippen LogP contribution in [-0.4, -0.2) is 27.0 Å². The van der Waals surface area contributed by atoms with Crippen LogP contribution in [0.15, 0.2) is 12.3 Å². The van der Waals surface area contributed by atoms with E-state index in [1.54, 1.807) is 7.11 Å². The smallest absolute Gasteiger partial charge is 0.364 e. The van der Waals surface area contributed by atoms with Crippen molar-refractivity contribution >= 4 is 21.2 Å². The Bertz CT molecular complexity index is 179. The minimum Gasteiger partial charge on any atom is -0.395 e. The molecule has 0 aliphatic carbocycles. The minimum atomic E-state index is -2.18. The third-order valence-electron chi connectivity index (χ3n) is 1.82. The zero-order chi connectivity index (χ0) is 11.2. The predicted octanol–water partition coefficient (Wildman–Crippen LogP) is 2.94. The molecule has 0 spiro atoms. The van der Waals surface area contributed by atoms with Crippen molar-refractivity contribution in [1.29, 1.82) is 0 Å². The first-order valence-corrected chi connectivity index (χ1v) is 7.62. The second-order valence-electron chi connectivity index (χ2n) is 4.26. The van der Waals surface area contributed by atoms with Gasteiger partial charge in [-0.05, 0) is 44.7 Å². The Labute approximate surface area is 94.3 Å². The van der Waals surface area contributed by atoms with Gasteiger partial charge in [0.15, 0.2) is 0 Å². The zero-order valence-electron chi connectivity index (χ0n) is 9.67. The molecule has 0 fully saturated rings. The van der Waals surface area contributed by atoms with Crippen LogP contribution in [0.5, 0.6) is 0 Å². The second-order valence-corrected chi connectivity index (χ2v) is 7.85. The number of thiol groups is 1. The van der Waals surface area contributed by atoms with E-state index >= 15 is 0 Å². The van der Waals surface area contributed by atoms with Crippen LogP contribution in [0.25, 0.3) is 0 Å². The average Bonchev–Trinajstić information content (AvgIpc) is 2.10. The Morgan fingerprint density at radius 3 is 2.29 bits per heavy atom. The largest absolute Gasteiger partial charge is 0.395 e. The van der Waals surface area contributed by atoms with Crippen LogP contribution in [0.4, 0.5) is 0 Å². The van der Waals surface area contributed by atoms with Crippen molar-refractivity contribution in [3.63, 3.8) is 0 Å². The summed E-state index contributed by atoms with van der Waals surface area (Å²) in [5, 5.41) is 0. The summed E-state index contributed by atoms with van der Waals surface area (Å²) >= 11 is 4.20. The third-order valence-corrected chi connectivity index (χ3v) is 5.46. The van der Waals surface area contributed by atoms with Gasteiger partial charge in [0.2, 0.25) is 0 Å². The Balaban J connectivity index is 4.44. The average molecular weight is 234 g/mol. The fourth-order valence-electron chi connectivity index (χ4n) is 1.27. The molecule has 0 aromatic heterocycles. The first-order chi connectivity index (χ1) is 6.39. The van der Waals surface area contributed by atoms with Crippen LogP contribution in [0.1, 0.15) is 27.2 Å². The molecule has 0 aromatic rings. The lowest BCUT2D eigenvalue weighted by Gasteiger charge is -2.33. The van der Waals surface area contributed by atoms with Gasteiger partial charge in [-0.15, -0.1) is 6.58 Å². The van der Waals surface area contributed by atoms with Crippen LogP contribution in [0.2, 0.25) is 6.04 Å². The molecule has 1 unspecified atom stereocenters. The fraction of sp³-hybridized carbons (Fsp3) is 0.800. The van der Waals surface area contributed by atoms with E-state index in [4.69, 9.17) is 8.85 Å². The molecule has 0 saturated carbocycles. The molecule has 84 valence electrons. The molecule has 0 aliphatic rings. The quantitative estimate of drug-likeness (QED) is 0.563. The molecule has 0 aliphatic heterocycles. The summed E-state index contributed by atoms with van der Waals surface area (Å²) in [6.07, 6.45) is 1.01. The highest BCUT2D eigenvalue weighted by Crippen LogP contribution is 2.23. The molecule has 1 atom stereocenters. The molecular weight excluding hydrogens is 212 g/mol. The van der Waals surface area contributed by atoms with Crippen molar-refractivity contribution in [2.45, 2.75) is 38.8 Å². The molecule has 0 aromatic carbocycles. The van der Waals surface area contributed by atoms with Gasteiger partial charge in [-0.1, -0.05) is 0 Å². The van der Waals surface area contributed by atoms with Crippen molar-refractivity contribution in [1.82, 2.24) is 0 Å². The zero-order valence-corrected chi connectivity index (χ0v) is 11.6. The Kier molecular flexibility index (Phi) is 6.05. The molecule has 0 heterocycles. The van der Waals surface area contributed by atoms with E-state index in [0.29, 0.717) is 0 Å². The van der Waals surface area contributed by atoms with Crippen LogP contribution >= 0.6 is 12.6 Å². The molecule has 0 bridgehead atoms. The van der Waals surface area contributed by atoms with Crippen molar-refractivity contribution in [2.75, 3.05) is 12.9 Å². The van der Waals surface area contributed by atoms with E-state index in [-0.39, 0.29) is 5.60 Å². The Hall–Kier alpha value is 0.227. The maximum absolute atomic E-state index is 5.99. The highest BCUT2D eigenvalue weighted by molar-refractivity contribution is 7.80. The van der Waals surface area contributed by atoms with Crippen LogP contribution < -0.4 is 0 Å². The first-order valence-electron chi connectivity index (χ1n) is 4.89. The molecule has 0 rings (SSSR count). The highest BCUT2D eigenvalue weighted by Gasteiger charge is 2.36. The normalized spacial score (nSPS) is 16.4. The molecule has 14 heavy (non-hydrogen) atoms. The molecule has 0 amide bonds. The summed E-state index contributed by atoms with van der Waals surface area (Å²) in [5.41, 5.74) is 1.69. The Morgan fingerprint density at radius 1 is 1.43 bits per heavy atom. The van der Waals surface area contributed by atoms with Crippen LogP contribution in [0, 0.1) is 0 Å². The molecule has 2 nitrogen and oxygen atoms in total. The van der Waals surface area contributed by atoms with Gasteiger partial charge in [0.25, 0.3) is 0 Å². The summed E-state index contributed by atoms with van der Waals surface area (Å²) in [6, 6.07) is 0.924. The van der Waals surface area contributed by atoms with Gasteiger partial charge in [-0.25, -0.2) is 0 Å². The topological polar surface area (TPSA) is 18.5 Å². The number of hydrogen-bond donors (Lipinski definition) is 1. The number of rotatable bonds is 6. The summed E-state index contributed by atoms with van der Waals surface area (Å²) in [7, 11) is -0.478. The lowest BCUT2D eigenvalue weighted by molar-refractivity contribution is 0.0795. The SMILES string of the molecule is C=C[Si](CCCS)(OC)OC(C)(C)C. The van der Waals surface area contributed by atoms with E-state index < -0.39 is 8.56 Å². The molecule has 0 radical (unpaired) electrons.